The summed E-state index contributed by atoms with van der Waals surface area (Å²) in [7, 11) is 0. The van der Waals surface area contributed by atoms with Crippen molar-refractivity contribution >= 4 is 27.5 Å². The molecule has 0 aliphatic carbocycles. The van der Waals surface area contributed by atoms with Crippen LogP contribution in [0, 0.1) is 12.1 Å². The fourth-order valence-electron chi connectivity index (χ4n) is 3.85. The van der Waals surface area contributed by atoms with Gasteiger partial charge in [-0.3, -0.25) is 4.79 Å². The van der Waals surface area contributed by atoms with Crippen LogP contribution in [0.2, 0.25) is 0 Å². The number of ether oxygens (including phenoxy) is 1. The standard InChI is InChI=1S/C27H31BrN2O3/c1-5-8-14-33-23-15-18(4)30(32)26(21-12-10-9-11-13-21)24(23)27(31)29-25-19(6-2)16-22(28)17-20(25)7-3/h9-13,15-17H,5-8,14H2,1-4H3,(H,29,31). The minimum absolute atomic E-state index is 0.255. The first-order valence-corrected chi connectivity index (χ1v) is 12.3. The third kappa shape index (κ3) is 5.56. The lowest BCUT2D eigenvalue weighted by molar-refractivity contribution is -0.600. The quantitative estimate of drug-likeness (QED) is 0.200. The number of hydrogen-bond acceptors (Lipinski definition) is 3. The van der Waals surface area contributed by atoms with E-state index < -0.39 is 0 Å². The normalized spacial score (nSPS) is 10.8. The smallest absolute Gasteiger partial charge is 0.266 e. The molecular formula is C27H31BrN2O3. The Morgan fingerprint density at radius 2 is 1.70 bits per heavy atom. The Balaban J connectivity index is 2.18. The maximum Gasteiger partial charge on any atom is 0.266 e. The van der Waals surface area contributed by atoms with Gasteiger partial charge < -0.3 is 15.3 Å². The third-order valence-electron chi connectivity index (χ3n) is 5.64. The van der Waals surface area contributed by atoms with Crippen LogP contribution < -0.4 is 14.8 Å². The van der Waals surface area contributed by atoms with Crippen molar-refractivity contribution < 1.29 is 14.3 Å². The van der Waals surface area contributed by atoms with Gasteiger partial charge in [-0.05, 0) is 54.7 Å². The van der Waals surface area contributed by atoms with E-state index in [1.54, 1.807) is 13.0 Å². The van der Waals surface area contributed by atoms with E-state index in [1.165, 1.54) is 0 Å². The van der Waals surface area contributed by atoms with E-state index in [-0.39, 0.29) is 11.5 Å². The topological polar surface area (TPSA) is 65.3 Å². The summed E-state index contributed by atoms with van der Waals surface area (Å²) >= 11 is 3.57. The lowest BCUT2D eigenvalue weighted by atomic mass is 10.0. The van der Waals surface area contributed by atoms with Crippen molar-refractivity contribution in [2.45, 2.75) is 53.4 Å². The summed E-state index contributed by atoms with van der Waals surface area (Å²) in [5, 5.41) is 16.3. The number of halogens is 1. The first-order valence-electron chi connectivity index (χ1n) is 11.5. The van der Waals surface area contributed by atoms with Gasteiger partial charge in [-0.1, -0.05) is 61.3 Å². The molecule has 0 fully saturated rings. The van der Waals surface area contributed by atoms with E-state index >= 15 is 0 Å². The number of unbranched alkanes of at least 4 members (excludes halogenated alkanes) is 1. The summed E-state index contributed by atoms with van der Waals surface area (Å²) in [5.74, 6) is 0.0780. The van der Waals surface area contributed by atoms with Gasteiger partial charge in [-0.2, -0.15) is 4.73 Å². The third-order valence-corrected chi connectivity index (χ3v) is 6.10. The molecular weight excluding hydrogens is 480 g/mol. The highest BCUT2D eigenvalue weighted by molar-refractivity contribution is 9.10. The van der Waals surface area contributed by atoms with Crippen LogP contribution in [0.15, 0.2) is 53.0 Å². The first-order chi connectivity index (χ1) is 15.9. The second kappa shape index (κ2) is 11.3. The maximum atomic E-state index is 13.8. The summed E-state index contributed by atoms with van der Waals surface area (Å²) in [6.07, 6.45) is 3.37. The molecule has 1 N–H and O–H groups in total. The number of pyridine rings is 1. The second-order valence-electron chi connectivity index (χ2n) is 8.00. The zero-order valence-electron chi connectivity index (χ0n) is 19.7. The van der Waals surface area contributed by atoms with Gasteiger partial charge in [0.15, 0.2) is 11.3 Å². The number of nitrogens with zero attached hydrogens (tertiary/aromatic N) is 1. The molecule has 174 valence electrons. The van der Waals surface area contributed by atoms with Gasteiger partial charge in [0.25, 0.3) is 5.91 Å². The number of amides is 1. The molecule has 0 radical (unpaired) electrons. The van der Waals surface area contributed by atoms with E-state index in [1.807, 2.05) is 42.5 Å². The fraction of sp³-hybridized carbons (Fsp3) is 0.333. The molecule has 1 aromatic heterocycles. The minimum Gasteiger partial charge on any atom is -0.618 e. The molecule has 3 rings (SSSR count). The Labute approximate surface area is 204 Å². The van der Waals surface area contributed by atoms with Gasteiger partial charge in [0.2, 0.25) is 5.69 Å². The Morgan fingerprint density at radius 3 is 2.27 bits per heavy atom. The Morgan fingerprint density at radius 1 is 1.06 bits per heavy atom. The molecule has 6 heteroatoms. The summed E-state index contributed by atoms with van der Waals surface area (Å²) in [6, 6.07) is 15.0. The monoisotopic (exact) mass is 510 g/mol. The first kappa shape index (κ1) is 24.8. The number of aryl methyl sites for hydroxylation is 3. The predicted octanol–water partition coefficient (Wildman–Crippen LogP) is 6.61. The van der Waals surface area contributed by atoms with Gasteiger partial charge in [-0.15, -0.1) is 0 Å². The Hall–Kier alpha value is -2.86. The van der Waals surface area contributed by atoms with Gasteiger partial charge in [0, 0.05) is 28.7 Å². The van der Waals surface area contributed by atoms with Crippen LogP contribution in [0.5, 0.6) is 5.75 Å². The van der Waals surface area contributed by atoms with Crippen LogP contribution in [-0.2, 0) is 12.8 Å². The van der Waals surface area contributed by atoms with Gasteiger partial charge in [0.1, 0.15) is 5.75 Å². The van der Waals surface area contributed by atoms with Crippen molar-refractivity contribution in [1.29, 1.82) is 0 Å². The van der Waals surface area contributed by atoms with Gasteiger partial charge in [0.05, 0.1) is 6.61 Å². The van der Waals surface area contributed by atoms with Crippen molar-refractivity contribution in [1.82, 2.24) is 0 Å². The molecule has 0 atom stereocenters. The highest BCUT2D eigenvalue weighted by Gasteiger charge is 2.29. The predicted molar refractivity (Wildman–Crippen MR) is 137 cm³/mol. The van der Waals surface area contributed by atoms with Crippen molar-refractivity contribution in [2.75, 3.05) is 11.9 Å². The second-order valence-corrected chi connectivity index (χ2v) is 8.91. The van der Waals surface area contributed by atoms with Crippen LogP contribution in [0.1, 0.15) is 60.8 Å². The highest BCUT2D eigenvalue weighted by atomic mass is 79.9. The maximum absolute atomic E-state index is 13.8. The molecule has 0 aliphatic rings. The Kier molecular flexibility index (Phi) is 8.50. The van der Waals surface area contributed by atoms with Crippen molar-refractivity contribution in [2.24, 2.45) is 0 Å². The molecule has 33 heavy (non-hydrogen) atoms. The number of carbonyl (C=O) groups is 1. The van der Waals surface area contributed by atoms with Crippen molar-refractivity contribution in [3.63, 3.8) is 0 Å². The molecule has 0 saturated carbocycles. The molecule has 1 heterocycles. The zero-order chi connectivity index (χ0) is 24.0. The summed E-state index contributed by atoms with van der Waals surface area (Å²) in [4.78, 5) is 13.8. The van der Waals surface area contributed by atoms with Crippen LogP contribution in [0.3, 0.4) is 0 Å². The fourth-order valence-corrected chi connectivity index (χ4v) is 4.40. The zero-order valence-corrected chi connectivity index (χ0v) is 21.3. The Bertz CT molecular complexity index is 1100. The van der Waals surface area contributed by atoms with Crippen LogP contribution in [0.25, 0.3) is 11.3 Å². The van der Waals surface area contributed by atoms with E-state index in [0.717, 1.165) is 51.7 Å². The number of nitrogens with one attached hydrogen (secondary N) is 1. The van der Waals surface area contributed by atoms with E-state index in [4.69, 9.17) is 4.74 Å². The molecule has 0 spiro atoms. The SMILES string of the molecule is CCCCOc1cc(C)[n+]([O-])c(-c2ccccc2)c1C(=O)Nc1c(CC)cc(Br)cc1CC. The van der Waals surface area contributed by atoms with E-state index in [9.17, 15) is 10.0 Å². The molecule has 0 unspecified atom stereocenters. The molecule has 1 amide bonds. The number of carbonyl (C=O) groups excluding carboxylic acids is 1. The molecule has 3 aromatic rings. The lowest BCUT2D eigenvalue weighted by Gasteiger charge is -2.19. The van der Waals surface area contributed by atoms with Crippen LogP contribution in [0.4, 0.5) is 5.69 Å². The molecule has 0 saturated heterocycles. The van der Waals surface area contributed by atoms with Gasteiger partial charge in [-0.25, -0.2) is 0 Å². The molecule has 0 bridgehead atoms. The number of rotatable bonds is 9. The van der Waals surface area contributed by atoms with Crippen molar-refractivity contribution in [3.8, 4) is 17.0 Å². The van der Waals surface area contributed by atoms with E-state index in [0.29, 0.717) is 29.3 Å². The minimum atomic E-state index is -0.350. The number of benzene rings is 2. The largest absolute Gasteiger partial charge is 0.618 e. The molecule has 5 nitrogen and oxygen atoms in total. The summed E-state index contributed by atoms with van der Waals surface area (Å²) in [6.45, 7) is 8.41. The number of hydrogen-bond donors (Lipinski definition) is 1. The van der Waals surface area contributed by atoms with Gasteiger partial charge >= 0.3 is 0 Å². The van der Waals surface area contributed by atoms with E-state index in [2.05, 4.69) is 42.0 Å². The average Bonchev–Trinajstić information content (AvgIpc) is 2.82. The van der Waals surface area contributed by atoms with Crippen LogP contribution in [-0.4, -0.2) is 12.5 Å². The van der Waals surface area contributed by atoms with Crippen molar-refractivity contribution in [3.05, 3.63) is 80.6 Å². The number of aromatic nitrogens is 1. The van der Waals surface area contributed by atoms with Crippen LogP contribution >= 0.6 is 15.9 Å². The summed E-state index contributed by atoms with van der Waals surface area (Å²) in [5.41, 5.74) is 4.56. The lowest BCUT2D eigenvalue weighted by Crippen LogP contribution is -2.36. The highest BCUT2D eigenvalue weighted by Crippen LogP contribution is 2.33. The summed E-state index contributed by atoms with van der Waals surface area (Å²) < 4.78 is 7.85. The average molecular weight is 511 g/mol. The molecule has 0 aliphatic heterocycles. The number of anilines is 1. The molecule has 2 aromatic carbocycles.